The van der Waals surface area contributed by atoms with Crippen molar-refractivity contribution < 1.29 is 23.8 Å². The zero-order valence-corrected chi connectivity index (χ0v) is 10.5. The van der Waals surface area contributed by atoms with Gasteiger partial charge in [-0.25, -0.2) is 4.39 Å². The fraction of sp³-hybridized carbons (Fsp3) is 0.273. The number of hydrogen-bond donors (Lipinski definition) is 1. The van der Waals surface area contributed by atoms with Gasteiger partial charge in [0.2, 0.25) is 0 Å². The summed E-state index contributed by atoms with van der Waals surface area (Å²) in [7, 11) is 1.11. The molecule has 92 valence electrons. The molecule has 0 radical (unpaired) electrons. The molecule has 0 spiro atoms. The van der Waals surface area contributed by atoms with Crippen LogP contribution in [0.1, 0.15) is 5.56 Å². The lowest BCUT2D eigenvalue weighted by Crippen LogP contribution is -2.27. The number of methoxy groups -OCH3 is 1. The molecule has 4 nitrogen and oxygen atoms in total. The molecule has 1 rings (SSSR count). The molecule has 0 saturated carbocycles. The number of benzene rings is 1. The van der Waals surface area contributed by atoms with Gasteiger partial charge in [0.1, 0.15) is 5.82 Å². The minimum atomic E-state index is -1.34. The third kappa shape index (κ3) is 3.52. The Morgan fingerprint density at radius 1 is 1.53 bits per heavy atom. The Kier molecular flexibility index (Phi) is 4.62. The first-order chi connectivity index (χ1) is 7.95. The first-order valence-electron chi connectivity index (χ1n) is 4.70. The van der Waals surface area contributed by atoms with Gasteiger partial charge in [-0.1, -0.05) is 15.9 Å². The van der Waals surface area contributed by atoms with Crippen LogP contribution in [0, 0.1) is 11.7 Å². The summed E-state index contributed by atoms with van der Waals surface area (Å²) in [6.45, 7) is 0. The van der Waals surface area contributed by atoms with Crippen molar-refractivity contribution in [2.24, 2.45) is 5.92 Å². The van der Waals surface area contributed by atoms with Gasteiger partial charge in [-0.3, -0.25) is 9.59 Å². The fourth-order valence-electron chi connectivity index (χ4n) is 1.33. The van der Waals surface area contributed by atoms with Gasteiger partial charge in [0.25, 0.3) is 0 Å². The summed E-state index contributed by atoms with van der Waals surface area (Å²) in [6.07, 6.45) is -0.125. The van der Waals surface area contributed by atoms with Crippen molar-refractivity contribution in [2.45, 2.75) is 6.42 Å². The highest BCUT2D eigenvalue weighted by atomic mass is 79.9. The third-order valence-electron chi connectivity index (χ3n) is 2.22. The zero-order valence-electron chi connectivity index (χ0n) is 8.94. The summed E-state index contributed by atoms with van der Waals surface area (Å²) >= 11 is 3.17. The van der Waals surface area contributed by atoms with Gasteiger partial charge >= 0.3 is 11.9 Å². The Balaban J connectivity index is 2.97. The van der Waals surface area contributed by atoms with Crippen LogP contribution in [0.2, 0.25) is 0 Å². The molecule has 0 amide bonds. The van der Waals surface area contributed by atoms with Crippen molar-refractivity contribution in [3.63, 3.8) is 0 Å². The summed E-state index contributed by atoms with van der Waals surface area (Å²) in [5.41, 5.74) is 0.405. The second-order valence-corrected chi connectivity index (χ2v) is 4.21. The molecule has 0 saturated heterocycles. The van der Waals surface area contributed by atoms with Crippen LogP contribution in [0.5, 0.6) is 0 Å². The number of carboxylic acid groups (broad SMARTS) is 1. The molecule has 1 atom stereocenters. The van der Waals surface area contributed by atoms with Crippen molar-refractivity contribution in [1.29, 1.82) is 0 Å². The monoisotopic (exact) mass is 304 g/mol. The average molecular weight is 305 g/mol. The minimum Gasteiger partial charge on any atom is -0.481 e. The SMILES string of the molecule is COC(=O)C(Cc1cc(F)ccc1Br)C(=O)O. The molecular weight excluding hydrogens is 295 g/mol. The van der Waals surface area contributed by atoms with Crippen molar-refractivity contribution in [3.05, 3.63) is 34.1 Å². The Hall–Kier alpha value is -1.43. The maximum atomic E-state index is 13.0. The highest BCUT2D eigenvalue weighted by molar-refractivity contribution is 9.10. The van der Waals surface area contributed by atoms with E-state index in [2.05, 4.69) is 20.7 Å². The standard InChI is InChI=1S/C11H10BrFO4/c1-17-11(16)8(10(14)15)5-6-4-7(13)2-3-9(6)12/h2-4,8H,5H2,1H3,(H,14,15). The third-order valence-corrected chi connectivity index (χ3v) is 2.99. The molecule has 0 fully saturated rings. The van der Waals surface area contributed by atoms with Crippen molar-refractivity contribution >= 4 is 27.9 Å². The predicted octanol–water partition coefficient (Wildman–Crippen LogP) is 2.00. The lowest BCUT2D eigenvalue weighted by Gasteiger charge is -2.11. The summed E-state index contributed by atoms with van der Waals surface area (Å²) in [4.78, 5) is 22.1. The topological polar surface area (TPSA) is 63.6 Å². The van der Waals surface area contributed by atoms with E-state index in [0.29, 0.717) is 10.0 Å². The number of aliphatic carboxylic acids is 1. The average Bonchev–Trinajstić information content (AvgIpc) is 2.28. The fourth-order valence-corrected chi connectivity index (χ4v) is 1.74. The van der Waals surface area contributed by atoms with Gasteiger partial charge in [0.05, 0.1) is 7.11 Å². The van der Waals surface area contributed by atoms with Gasteiger partial charge in [-0.05, 0) is 30.2 Å². The molecule has 17 heavy (non-hydrogen) atoms. The molecule has 0 bridgehead atoms. The first-order valence-corrected chi connectivity index (χ1v) is 5.49. The van der Waals surface area contributed by atoms with Gasteiger partial charge in [-0.2, -0.15) is 0 Å². The number of carboxylic acids is 1. The molecule has 1 aromatic rings. The second kappa shape index (κ2) is 5.77. The van der Waals surface area contributed by atoms with E-state index in [4.69, 9.17) is 5.11 Å². The lowest BCUT2D eigenvalue weighted by molar-refractivity contribution is -0.156. The number of carbonyl (C=O) groups is 2. The smallest absolute Gasteiger partial charge is 0.320 e. The van der Waals surface area contributed by atoms with Crippen LogP contribution in [-0.4, -0.2) is 24.2 Å². The van der Waals surface area contributed by atoms with E-state index in [9.17, 15) is 14.0 Å². The largest absolute Gasteiger partial charge is 0.481 e. The Morgan fingerprint density at radius 2 is 2.18 bits per heavy atom. The Labute approximate surface area is 106 Å². The van der Waals surface area contributed by atoms with E-state index in [-0.39, 0.29) is 6.42 Å². The quantitative estimate of drug-likeness (QED) is 0.682. The summed E-state index contributed by atoms with van der Waals surface area (Å²) < 4.78 is 17.9. The van der Waals surface area contributed by atoms with Crippen LogP contribution in [-0.2, 0) is 20.7 Å². The van der Waals surface area contributed by atoms with Crippen LogP contribution in [0.4, 0.5) is 4.39 Å². The number of halogens is 2. The number of carbonyl (C=O) groups excluding carboxylic acids is 1. The molecule has 6 heteroatoms. The predicted molar refractivity (Wildman–Crippen MR) is 60.9 cm³/mol. The maximum absolute atomic E-state index is 13.0. The highest BCUT2D eigenvalue weighted by Crippen LogP contribution is 2.21. The summed E-state index contributed by atoms with van der Waals surface area (Å²) in [6, 6.07) is 3.88. The van der Waals surface area contributed by atoms with Crippen LogP contribution >= 0.6 is 15.9 Å². The molecule has 1 aromatic carbocycles. The molecule has 0 aliphatic carbocycles. The second-order valence-electron chi connectivity index (χ2n) is 3.35. The van der Waals surface area contributed by atoms with Crippen LogP contribution < -0.4 is 0 Å². The normalized spacial score (nSPS) is 11.9. The molecule has 1 unspecified atom stereocenters. The number of hydrogen-bond acceptors (Lipinski definition) is 3. The molecule has 0 aromatic heterocycles. The van der Waals surface area contributed by atoms with Crippen molar-refractivity contribution in [1.82, 2.24) is 0 Å². The van der Waals surface area contributed by atoms with E-state index in [0.717, 1.165) is 7.11 Å². The molecule has 1 N–H and O–H groups in total. The van der Waals surface area contributed by atoms with Crippen LogP contribution in [0.15, 0.2) is 22.7 Å². The minimum absolute atomic E-state index is 0.125. The van der Waals surface area contributed by atoms with Crippen LogP contribution in [0.25, 0.3) is 0 Å². The van der Waals surface area contributed by atoms with Gasteiger partial charge in [-0.15, -0.1) is 0 Å². The molecule has 0 aliphatic rings. The van der Waals surface area contributed by atoms with Gasteiger partial charge in [0, 0.05) is 4.47 Å². The zero-order chi connectivity index (χ0) is 13.0. The Morgan fingerprint density at radius 3 is 2.71 bits per heavy atom. The maximum Gasteiger partial charge on any atom is 0.320 e. The summed E-state index contributed by atoms with van der Waals surface area (Å²) in [5.74, 6) is -3.98. The molecule has 0 aliphatic heterocycles. The first kappa shape index (κ1) is 13.6. The van der Waals surface area contributed by atoms with Crippen LogP contribution in [0.3, 0.4) is 0 Å². The number of ether oxygens (including phenoxy) is 1. The van der Waals surface area contributed by atoms with Gasteiger partial charge < -0.3 is 9.84 Å². The van der Waals surface area contributed by atoms with Crippen molar-refractivity contribution in [2.75, 3.05) is 7.11 Å². The molecule has 0 heterocycles. The number of esters is 1. The van der Waals surface area contributed by atoms with Gasteiger partial charge in [0.15, 0.2) is 5.92 Å². The summed E-state index contributed by atoms with van der Waals surface area (Å²) in [5, 5.41) is 8.89. The Bertz CT molecular complexity index is 447. The van der Waals surface area contributed by atoms with Crippen molar-refractivity contribution in [3.8, 4) is 0 Å². The number of rotatable bonds is 4. The van der Waals surface area contributed by atoms with E-state index in [1.54, 1.807) is 0 Å². The van der Waals surface area contributed by atoms with E-state index < -0.39 is 23.7 Å². The lowest BCUT2D eigenvalue weighted by atomic mass is 9.99. The van der Waals surface area contributed by atoms with E-state index >= 15 is 0 Å². The highest BCUT2D eigenvalue weighted by Gasteiger charge is 2.28. The van der Waals surface area contributed by atoms with E-state index in [1.807, 2.05) is 0 Å². The molecular formula is C11H10BrFO4. The van der Waals surface area contributed by atoms with E-state index in [1.165, 1.54) is 18.2 Å².